The Morgan fingerprint density at radius 1 is 1.12 bits per heavy atom. The van der Waals surface area contributed by atoms with Crippen LogP contribution in [0.5, 0.6) is 0 Å². The minimum absolute atomic E-state index is 0.0445. The number of thiophene rings is 1. The van der Waals surface area contributed by atoms with Gasteiger partial charge in [0.2, 0.25) is 10.0 Å². The van der Waals surface area contributed by atoms with Crippen LogP contribution < -0.4 is 0 Å². The van der Waals surface area contributed by atoms with Crippen molar-refractivity contribution in [1.29, 1.82) is 0 Å². The normalized spacial score (nSPS) is 18.7. The molecule has 2 saturated heterocycles. The SMILES string of the molecule is Cc1sc(-c2nnc(C(=O)N3CCCC3)o2)cc1S(=O)(=O)N1CCCC1. The minimum Gasteiger partial charge on any atom is -0.411 e. The molecule has 4 heterocycles. The van der Waals surface area contributed by atoms with Crippen LogP contribution in [0, 0.1) is 6.92 Å². The van der Waals surface area contributed by atoms with E-state index >= 15 is 0 Å². The molecule has 0 radical (unpaired) electrons. The van der Waals surface area contributed by atoms with Crippen LogP contribution in [0.1, 0.15) is 41.2 Å². The van der Waals surface area contributed by atoms with E-state index in [1.807, 2.05) is 0 Å². The minimum atomic E-state index is -3.50. The molecule has 4 rings (SSSR count). The van der Waals surface area contributed by atoms with Crippen LogP contribution in [-0.2, 0) is 10.0 Å². The van der Waals surface area contributed by atoms with E-state index in [1.54, 1.807) is 17.9 Å². The molecule has 140 valence electrons. The Balaban J connectivity index is 1.60. The van der Waals surface area contributed by atoms with Crippen molar-refractivity contribution in [3.8, 4) is 10.8 Å². The van der Waals surface area contributed by atoms with Gasteiger partial charge >= 0.3 is 11.8 Å². The van der Waals surface area contributed by atoms with Crippen LogP contribution in [0.3, 0.4) is 0 Å². The second-order valence-corrected chi connectivity index (χ2v) is 9.72. The Bertz CT molecular complexity index is 922. The lowest BCUT2D eigenvalue weighted by atomic mass is 10.4. The van der Waals surface area contributed by atoms with Crippen LogP contribution in [0.2, 0.25) is 0 Å². The van der Waals surface area contributed by atoms with Gasteiger partial charge in [0.25, 0.3) is 5.89 Å². The molecule has 8 nitrogen and oxygen atoms in total. The maximum Gasteiger partial charge on any atom is 0.311 e. The average molecular weight is 396 g/mol. The van der Waals surface area contributed by atoms with Gasteiger partial charge < -0.3 is 9.32 Å². The van der Waals surface area contributed by atoms with E-state index in [4.69, 9.17) is 4.42 Å². The summed E-state index contributed by atoms with van der Waals surface area (Å²) in [6, 6.07) is 1.57. The molecule has 2 aromatic heterocycles. The first-order chi connectivity index (χ1) is 12.5. The molecule has 10 heteroatoms. The summed E-state index contributed by atoms with van der Waals surface area (Å²) >= 11 is 1.28. The molecule has 0 unspecified atom stereocenters. The maximum atomic E-state index is 12.8. The molecule has 0 N–H and O–H groups in total. The first-order valence-electron chi connectivity index (χ1n) is 8.70. The number of hydrogen-bond acceptors (Lipinski definition) is 7. The second-order valence-electron chi connectivity index (χ2n) is 6.55. The number of rotatable bonds is 4. The predicted molar refractivity (Wildman–Crippen MR) is 95.5 cm³/mol. The van der Waals surface area contributed by atoms with E-state index in [-0.39, 0.29) is 22.6 Å². The van der Waals surface area contributed by atoms with Crippen LogP contribution >= 0.6 is 11.3 Å². The van der Waals surface area contributed by atoms with E-state index in [0.29, 0.717) is 35.9 Å². The Morgan fingerprint density at radius 3 is 2.46 bits per heavy atom. The predicted octanol–water partition coefficient (Wildman–Crippen LogP) is 2.13. The van der Waals surface area contributed by atoms with Gasteiger partial charge in [-0.15, -0.1) is 21.5 Å². The van der Waals surface area contributed by atoms with Gasteiger partial charge in [-0.3, -0.25) is 4.79 Å². The van der Waals surface area contributed by atoms with Crippen molar-refractivity contribution in [1.82, 2.24) is 19.4 Å². The molecule has 2 aliphatic heterocycles. The molecular formula is C16H20N4O4S2. The zero-order valence-corrected chi connectivity index (χ0v) is 16.1. The highest BCUT2D eigenvalue weighted by Gasteiger charge is 2.31. The Hall–Kier alpha value is -1.78. The van der Waals surface area contributed by atoms with Gasteiger partial charge in [0.1, 0.15) is 0 Å². The molecule has 2 aliphatic rings. The van der Waals surface area contributed by atoms with E-state index in [0.717, 1.165) is 25.7 Å². The fourth-order valence-electron chi connectivity index (χ4n) is 3.36. The van der Waals surface area contributed by atoms with Crippen molar-refractivity contribution in [3.63, 3.8) is 0 Å². The largest absolute Gasteiger partial charge is 0.411 e. The third kappa shape index (κ3) is 3.06. The fourth-order valence-corrected chi connectivity index (χ4v) is 6.36. The molecule has 2 fully saturated rings. The van der Waals surface area contributed by atoms with E-state index in [9.17, 15) is 13.2 Å². The standard InChI is InChI=1S/C16H20N4O4S2/c1-11-13(26(22,23)20-8-4-5-9-20)10-12(25-11)14-17-18-15(24-14)16(21)19-6-2-3-7-19/h10H,2-9H2,1H3. The number of carbonyl (C=O) groups excluding carboxylic acids is 1. The highest BCUT2D eigenvalue weighted by Crippen LogP contribution is 2.35. The lowest BCUT2D eigenvalue weighted by Gasteiger charge is -2.14. The number of sulfonamides is 1. The average Bonchev–Trinajstić information content (AvgIpc) is 3.40. The zero-order chi connectivity index (χ0) is 18.3. The van der Waals surface area contributed by atoms with Gasteiger partial charge in [-0.05, 0) is 38.7 Å². The van der Waals surface area contributed by atoms with Crippen molar-refractivity contribution in [2.75, 3.05) is 26.2 Å². The van der Waals surface area contributed by atoms with E-state index < -0.39 is 10.0 Å². The molecular weight excluding hydrogens is 376 g/mol. The van der Waals surface area contributed by atoms with Crippen LogP contribution in [0.4, 0.5) is 0 Å². The first kappa shape index (κ1) is 17.6. The first-order valence-corrected chi connectivity index (χ1v) is 11.0. The molecule has 0 aliphatic carbocycles. The van der Waals surface area contributed by atoms with Gasteiger partial charge in [0, 0.05) is 31.1 Å². The van der Waals surface area contributed by atoms with Gasteiger partial charge in [0.05, 0.1) is 9.77 Å². The van der Waals surface area contributed by atoms with Gasteiger partial charge in [-0.1, -0.05) is 0 Å². The lowest BCUT2D eigenvalue weighted by Crippen LogP contribution is -2.27. The van der Waals surface area contributed by atoms with Crippen molar-refractivity contribution < 1.29 is 17.6 Å². The summed E-state index contributed by atoms with van der Waals surface area (Å²) < 4.78 is 32.6. The monoisotopic (exact) mass is 396 g/mol. The topological polar surface area (TPSA) is 96.6 Å². The summed E-state index contributed by atoms with van der Waals surface area (Å²) in [6.07, 6.45) is 3.74. The highest BCUT2D eigenvalue weighted by molar-refractivity contribution is 7.89. The van der Waals surface area contributed by atoms with Gasteiger partial charge in [-0.25, -0.2) is 8.42 Å². The summed E-state index contributed by atoms with van der Waals surface area (Å²) in [5, 5.41) is 7.81. The number of aryl methyl sites for hydroxylation is 1. The quantitative estimate of drug-likeness (QED) is 0.785. The second kappa shape index (κ2) is 6.75. The van der Waals surface area contributed by atoms with Crippen LogP contribution in [0.25, 0.3) is 10.8 Å². The van der Waals surface area contributed by atoms with Crippen LogP contribution in [-0.4, -0.2) is 59.9 Å². The third-order valence-electron chi connectivity index (χ3n) is 4.77. The number of carbonyl (C=O) groups is 1. The van der Waals surface area contributed by atoms with E-state index in [1.165, 1.54) is 15.6 Å². The van der Waals surface area contributed by atoms with Crippen molar-refractivity contribution in [2.24, 2.45) is 0 Å². The fraction of sp³-hybridized carbons (Fsp3) is 0.562. The highest BCUT2D eigenvalue weighted by atomic mass is 32.2. The molecule has 0 aromatic carbocycles. The number of hydrogen-bond donors (Lipinski definition) is 0. The number of amides is 1. The summed E-state index contributed by atoms with van der Waals surface area (Å²) in [5.74, 6) is -0.125. The van der Waals surface area contributed by atoms with Crippen molar-refractivity contribution in [2.45, 2.75) is 37.5 Å². The van der Waals surface area contributed by atoms with E-state index in [2.05, 4.69) is 10.2 Å². The van der Waals surface area contributed by atoms with Crippen LogP contribution in [0.15, 0.2) is 15.4 Å². The van der Waals surface area contributed by atoms with Gasteiger partial charge in [-0.2, -0.15) is 4.31 Å². The molecule has 0 atom stereocenters. The summed E-state index contributed by atoms with van der Waals surface area (Å²) in [5.41, 5.74) is 0. The summed E-state index contributed by atoms with van der Waals surface area (Å²) in [6.45, 7) is 4.29. The number of likely N-dealkylation sites (tertiary alicyclic amines) is 1. The summed E-state index contributed by atoms with van der Waals surface area (Å²) in [7, 11) is -3.50. The zero-order valence-electron chi connectivity index (χ0n) is 14.5. The molecule has 2 aromatic rings. The number of nitrogens with zero attached hydrogens (tertiary/aromatic N) is 4. The molecule has 0 bridgehead atoms. The van der Waals surface area contributed by atoms with Crippen molar-refractivity contribution >= 4 is 27.3 Å². The molecule has 1 amide bonds. The smallest absolute Gasteiger partial charge is 0.311 e. The molecule has 26 heavy (non-hydrogen) atoms. The number of aromatic nitrogens is 2. The summed E-state index contributed by atoms with van der Waals surface area (Å²) in [4.78, 5) is 15.5. The Kier molecular flexibility index (Phi) is 4.57. The van der Waals surface area contributed by atoms with Crippen molar-refractivity contribution in [3.05, 3.63) is 16.8 Å². The van der Waals surface area contributed by atoms with Gasteiger partial charge in [0.15, 0.2) is 0 Å². The Morgan fingerprint density at radius 2 is 1.77 bits per heavy atom. The molecule has 0 spiro atoms. The Labute approximate surface area is 155 Å². The maximum absolute atomic E-state index is 12.8. The lowest BCUT2D eigenvalue weighted by molar-refractivity contribution is 0.0754. The third-order valence-corrected chi connectivity index (χ3v) is 7.96. The molecule has 0 saturated carbocycles.